The van der Waals surface area contributed by atoms with Crippen molar-refractivity contribution in [3.63, 3.8) is 0 Å². The minimum atomic E-state index is -0.330. The van der Waals surface area contributed by atoms with Gasteiger partial charge in [-0.2, -0.15) is 0 Å². The van der Waals surface area contributed by atoms with Gasteiger partial charge in [-0.05, 0) is 31.9 Å². The van der Waals surface area contributed by atoms with Crippen LogP contribution in [0.25, 0.3) is 10.2 Å². The number of nitrogens with one attached hydrogen (secondary N) is 1. The molecule has 8 heteroatoms. The number of hydrogen-bond acceptors (Lipinski definition) is 6. The van der Waals surface area contributed by atoms with E-state index in [1.807, 2.05) is 32.9 Å². The summed E-state index contributed by atoms with van der Waals surface area (Å²) in [5.41, 5.74) is 1.52. The number of amides is 1. The number of benzene rings is 1. The highest BCUT2D eigenvalue weighted by Gasteiger charge is 2.35. The van der Waals surface area contributed by atoms with Gasteiger partial charge in [0, 0.05) is 24.8 Å². The fourth-order valence-corrected chi connectivity index (χ4v) is 4.45. The largest absolute Gasteiger partial charge is 0.487 e. The minimum absolute atomic E-state index is 0.0580. The van der Waals surface area contributed by atoms with Gasteiger partial charge in [0.2, 0.25) is 5.91 Å². The van der Waals surface area contributed by atoms with E-state index in [-0.39, 0.29) is 41.5 Å². The van der Waals surface area contributed by atoms with Crippen LogP contribution in [0, 0.1) is 5.82 Å². The van der Waals surface area contributed by atoms with Gasteiger partial charge in [-0.3, -0.25) is 4.79 Å². The molecule has 1 atom stereocenters. The van der Waals surface area contributed by atoms with Gasteiger partial charge in [0.1, 0.15) is 6.10 Å². The van der Waals surface area contributed by atoms with Crippen molar-refractivity contribution in [2.45, 2.75) is 64.5 Å². The molecular weight excluding hydrogens is 393 g/mol. The number of carbonyl (C=O) groups is 1. The molecule has 4 rings (SSSR count). The number of rotatable bonds is 6. The monoisotopic (exact) mass is 417 g/mol. The Balaban J connectivity index is 1.39. The summed E-state index contributed by atoms with van der Waals surface area (Å²) in [5, 5.41) is 7.82. The second kappa shape index (κ2) is 7.74. The zero-order valence-corrected chi connectivity index (χ0v) is 17.7. The van der Waals surface area contributed by atoms with Crippen molar-refractivity contribution in [3.8, 4) is 5.75 Å². The van der Waals surface area contributed by atoms with Crippen molar-refractivity contribution in [1.82, 2.24) is 15.5 Å². The molecule has 154 valence electrons. The fraction of sp³-hybridized carbons (Fsp3) is 0.476. The maximum absolute atomic E-state index is 14.9. The molecule has 1 saturated carbocycles. The molecule has 0 aliphatic heterocycles. The Morgan fingerprint density at radius 3 is 2.79 bits per heavy atom. The molecule has 6 nitrogen and oxygen atoms in total. The van der Waals surface area contributed by atoms with E-state index in [9.17, 15) is 9.18 Å². The van der Waals surface area contributed by atoms with Crippen LogP contribution in [-0.4, -0.2) is 22.2 Å². The summed E-state index contributed by atoms with van der Waals surface area (Å²) in [6.45, 7) is 7.41. The molecule has 3 aromatic rings. The van der Waals surface area contributed by atoms with Crippen LogP contribution in [-0.2, 0) is 4.79 Å². The maximum atomic E-state index is 14.9. The van der Waals surface area contributed by atoms with Crippen molar-refractivity contribution in [3.05, 3.63) is 40.5 Å². The molecular formula is C21H24FN3O3S. The Kier molecular flexibility index (Phi) is 5.29. The van der Waals surface area contributed by atoms with E-state index < -0.39 is 0 Å². The van der Waals surface area contributed by atoms with Crippen LogP contribution in [0.2, 0.25) is 0 Å². The second-order valence-corrected chi connectivity index (χ2v) is 8.95. The summed E-state index contributed by atoms with van der Waals surface area (Å²) in [6.07, 6.45) is 1.44. The average Bonchev–Trinajstić information content (AvgIpc) is 3.26. The number of hydrogen-bond donors (Lipinski definition) is 1. The Bertz CT molecular complexity index is 1040. The summed E-state index contributed by atoms with van der Waals surface area (Å²) < 4.78 is 26.7. The van der Waals surface area contributed by atoms with Gasteiger partial charge in [0.15, 0.2) is 17.3 Å². The third kappa shape index (κ3) is 3.99. The van der Waals surface area contributed by atoms with E-state index in [4.69, 9.17) is 9.26 Å². The first kappa shape index (κ1) is 19.8. The highest BCUT2D eigenvalue weighted by molar-refractivity contribution is 7.18. The minimum Gasteiger partial charge on any atom is -0.487 e. The summed E-state index contributed by atoms with van der Waals surface area (Å²) in [7, 11) is 0. The number of carbonyl (C=O) groups excluding carboxylic acids is 1. The van der Waals surface area contributed by atoms with Crippen LogP contribution < -0.4 is 10.1 Å². The molecule has 0 spiro atoms. The fourth-order valence-electron chi connectivity index (χ4n) is 3.46. The molecule has 1 aromatic carbocycles. The Hall–Kier alpha value is -2.48. The highest BCUT2D eigenvalue weighted by Crippen LogP contribution is 2.41. The normalized spacial score (nSPS) is 19.9. The molecule has 1 aliphatic carbocycles. The summed E-state index contributed by atoms with van der Waals surface area (Å²) in [5.74, 6) is 0.938. The molecule has 1 N–H and O–H groups in total. The van der Waals surface area contributed by atoms with Crippen LogP contribution in [0.1, 0.15) is 74.9 Å². The van der Waals surface area contributed by atoms with Gasteiger partial charge in [0.25, 0.3) is 0 Å². The Morgan fingerprint density at radius 2 is 2.10 bits per heavy atom. The number of nitrogens with zero attached hydrogens (tertiary/aromatic N) is 2. The standard InChI is InChI=1S/C21H24FN3O3S/c1-10(2)21-24-15-5-6-17(19(22)20(15)29-21)27-14-7-13(8-14)16-9-18(28-25-16)11(3)23-12(4)26/h5-6,9-11,13-14H,7-8H2,1-4H3,(H,23,26)/t11-,13?,14?/m0/s1. The van der Waals surface area contributed by atoms with Crippen molar-refractivity contribution in [2.75, 3.05) is 0 Å². The molecule has 0 radical (unpaired) electrons. The molecule has 0 saturated heterocycles. The predicted octanol–water partition coefficient (Wildman–Crippen LogP) is 5.07. The van der Waals surface area contributed by atoms with E-state index in [0.717, 1.165) is 23.5 Å². The quantitative estimate of drug-likeness (QED) is 0.606. The van der Waals surface area contributed by atoms with Crippen molar-refractivity contribution in [1.29, 1.82) is 0 Å². The molecule has 1 fully saturated rings. The molecule has 29 heavy (non-hydrogen) atoms. The lowest BCUT2D eigenvalue weighted by Crippen LogP contribution is -2.32. The number of aromatic nitrogens is 2. The van der Waals surface area contributed by atoms with Gasteiger partial charge in [-0.15, -0.1) is 11.3 Å². The number of thiazole rings is 1. The predicted molar refractivity (Wildman–Crippen MR) is 109 cm³/mol. The molecule has 0 bridgehead atoms. The van der Waals surface area contributed by atoms with Gasteiger partial charge in [-0.25, -0.2) is 9.37 Å². The summed E-state index contributed by atoms with van der Waals surface area (Å²) >= 11 is 1.39. The van der Waals surface area contributed by atoms with Crippen LogP contribution in [0.4, 0.5) is 4.39 Å². The zero-order valence-electron chi connectivity index (χ0n) is 16.9. The number of fused-ring (bicyclic) bond motifs is 1. The first-order valence-corrected chi connectivity index (χ1v) is 10.6. The summed E-state index contributed by atoms with van der Waals surface area (Å²) in [6, 6.07) is 5.13. The second-order valence-electron chi connectivity index (χ2n) is 7.92. The lowest BCUT2D eigenvalue weighted by Gasteiger charge is -2.34. The summed E-state index contributed by atoms with van der Waals surface area (Å²) in [4.78, 5) is 15.7. The maximum Gasteiger partial charge on any atom is 0.217 e. The average molecular weight is 418 g/mol. The third-order valence-corrected chi connectivity index (χ3v) is 6.54. The van der Waals surface area contributed by atoms with Gasteiger partial charge < -0.3 is 14.6 Å². The van der Waals surface area contributed by atoms with E-state index in [1.165, 1.54) is 18.3 Å². The van der Waals surface area contributed by atoms with Crippen molar-refractivity contribution < 1.29 is 18.4 Å². The number of ether oxygens (including phenoxy) is 1. The topological polar surface area (TPSA) is 77.2 Å². The van der Waals surface area contributed by atoms with Crippen molar-refractivity contribution in [2.24, 2.45) is 0 Å². The first-order chi connectivity index (χ1) is 13.8. The van der Waals surface area contributed by atoms with E-state index in [1.54, 1.807) is 6.07 Å². The van der Waals surface area contributed by atoms with Gasteiger partial charge in [0.05, 0.1) is 27.0 Å². The first-order valence-electron chi connectivity index (χ1n) is 9.81. The highest BCUT2D eigenvalue weighted by atomic mass is 32.1. The van der Waals surface area contributed by atoms with Crippen LogP contribution >= 0.6 is 11.3 Å². The Morgan fingerprint density at radius 1 is 1.34 bits per heavy atom. The van der Waals surface area contributed by atoms with Crippen LogP contribution in [0.15, 0.2) is 22.7 Å². The smallest absolute Gasteiger partial charge is 0.217 e. The zero-order chi connectivity index (χ0) is 20.7. The van der Waals surface area contributed by atoms with Crippen molar-refractivity contribution >= 4 is 27.5 Å². The third-order valence-electron chi connectivity index (χ3n) is 5.17. The lowest BCUT2D eigenvalue weighted by atomic mass is 9.80. The Labute approximate surface area is 172 Å². The van der Waals surface area contributed by atoms with E-state index in [0.29, 0.717) is 16.0 Å². The SMILES string of the molecule is CC(=O)N[C@@H](C)c1cc(C2CC(Oc3ccc4nc(C(C)C)sc4c3F)C2)no1. The molecule has 2 heterocycles. The van der Waals surface area contributed by atoms with E-state index >= 15 is 0 Å². The molecule has 0 unspecified atom stereocenters. The van der Waals surface area contributed by atoms with Crippen LogP contribution in [0.5, 0.6) is 5.75 Å². The van der Waals surface area contributed by atoms with Crippen LogP contribution in [0.3, 0.4) is 0 Å². The molecule has 1 amide bonds. The van der Waals surface area contributed by atoms with E-state index in [2.05, 4.69) is 15.5 Å². The van der Waals surface area contributed by atoms with Gasteiger partial charge in [-0.1, -0.05) is 19.0 Å². The number of halogens is 1. The lowest BCUT2D eigenvalue weighted by molar-refractivity contribution is -0.119. The molecule has 1 aliphatic rings. The molecule has 2 aromatic heterocycles. The van der Waals surface area contributed by atoms with Gasteiger partial charge >= 0.3 is 0 Å².